The fourth-order valence-electron chi connectivity index (χ4n) is 2.50. The molecule has 0 saturated heterocycles. The molecule has 0 radical (unpaired) electrons. The number of fused-ring (bicyclic) bond motifs is 1. The Bertz CT molecular complexity index is 518. The Hall–Kier alpha value is -1.01. The first kappa shape index (κ1) is 14.4. The number of rotatable bonds is 6. The molecule has 0 heterocycles. The van der Waals surface area contributed by atoms with Crippen LogP contribution in [0.2, 0.25) is 0 Å². The Morgan fingerprint density at radius 2 is 1.79 bits per heavy atom. The van der Waals surface area contributed by atoms with E-state index in [1.54, 1.807) is 0 Å². The summed E-state index contributed by atoms with van der Waals surface area (Å²) >= 11 is 6.55. The van der Waals surface area contributed by atoms with Crippen molar-refractivity contribution < 1.29 is 0 Å². The quantitative estimate of drug-likeness (QED) is 0.583. The summed E-state index contributed by atoms with van der Waals surface area (Å²) in [6, 6.07) is 15.2. The van der Waals surface area contributed by atoms with Gasteiger partial charge in [0.25, 0.3) is 0 Å². The van der Waals surface area contributed by atoms with E-state index >= 15 is 0 Å². The Morgan fingerprint density at radius 1 is 1.05 bits per heavy atom. The Kier molecular flexibility index (Phi) is 5.27. The van der Waals surface area contributed by atoms with Crippen LogP contribution in [0.3, 0.4) is 0 Å². The molecule has 2 rings (SSSR count). The van der Waals surface area contributed by atoms with E-state index < -0.39 is 0 Å². The average molecular weight is 275 g/mol. The third-order valence-electron chi connectivity index (χ3n) is 3.88. The molecule has 0 amide bonds. The van der Waals surface area contributed by atoms with Crippen molar-refractivity contribution in [3.8, 4) is 0 Å². The van der Waals surface area contributed by atoms with E-state index in [4.69, 9.17) is 11.6 Å². The van der Waals surface area contributed by atoms with Gasteiger partial charge in [0.15, 0.2) is 0 Å². The summed E-state index contributed by atoms with van der Waals surface area (Å²) in [6.07, 6.45) is 4.74. The van der Waals surface area contributed by atoms with Crippen molar-refractivity contribution in [2.24, 2.45) is 5.92 Å². The molecule has 0 aliphatic carbocycles. The first-order valence-corrected chi connectivity index (χ1v) is 7.76. The molecule has 0 aromatic heterocycles. The lowest BCUT2D eigenvalue weighted by atomic mass is 9.95. The van der Waals surface area contributed by atoms with Gasteiger partial charge in [0.05, 0.1) is 0 Å². The first-order valence-electron chi connectivity index (χ1n) is 7.32. The van der Waals surface area contributed by atoms with Gasteiger partial charge in [0.1, 0.15) is 0 Å². The van der Waals surface area contributed by atoms with E-state index in [0.717, 1.165) is 6.42 Å². The predicted molar refractivity (Wildman–Crippen MR) is 86.0 cm³/mol. The summed E-state index contributed by atoms with van der Waals surface area (Å²) in [5.74, 6) is 0.591. The molecule has 2 unspecified atom stereocenters. The summed E-state index contributed by atoms with van der Waals surface area (Å²) in [6.45, 7) is 4.51. The molecule has 19 heavy (non-hydrogen) atoms. The van der Waals surface area contributed by atoms with Gasteiger partial charge in [-0.3, -0.25) is 0 Å². The van der Waals surface area contributed by atoms with Crippen LogP contribution in [-0.4, -0.2) is 5.38 Å². The summed E-state index contributed by atoms with van der Waals surface area (Å²) in [7, 11) is 0. The largest absolute Gasteiger partial charge is 0.122 e. The van der Waals surface area contributed by atoms with E-state index in [1.807, 2.05) is 0 Å². The van der Waals surface area contributed by atoms with Crippen LogP contribution in [0.5, 0.6) is 0 Å². The molecule has 0 aliphatic heterocycles. The van der Waals surface area contributed by atoms with E-state index in [2.05, 4.69) is 56.3 Å². The molecule has 0 bridgehead atoms. The van der Waals surface area contributed by atoms with Crippen molar-refractivity contribution in [1.82, 2.24) is 0 Å². The highest BCUT2D eigenvalue weighted by molar-refractivity contribution is 6.20. The molecular weight excluding hydrogens is 252 g/mol. The maximum Gasteiger partial charge on any atom is 0.0401 e. The topological polar surface area (TPSA) is 0 Å². The average Bonchev–Trinajstić information content (AvgIpc) is 2.44. The third kappa shape index (κ3) is 3.98. The van der Waals surface area contributed by atoms with E-state index in [0.29, 0.717) is 5.92 Å². The zero-order chi connectivity index (χ0) is 13.7. The lowest BCUT2D eigenvalue weighted by Gasteiger charge is -2.18. The molecule has 102 valence electrons. The van der Waals surface area contributed by atoms with Crippen molar-refractivity contribution in [2.75, 3.05) is 0 Å². The zero-order valence-electron chi connectivity index (χ0n) is 11.9. The van der Waals surface area contributed by atoms with Gasteiger partial charge in [-0.15, -0.1) is 11.6 Å². The first-order chi connectivity index (χ1) is 9.20. The van der Waals surface area contributed by atoms with Crippen molar-refractivity contribution >= 4 is 22.4 Å². The molecule has 0 aliphatic rings. The highest BCUT2D eigenvalue weighted by atomic mass is 35.5. The number of hydrogen-bond donors (Lipinski definition) is 0. The van der Waals surface area contributed by atoms with Crippen LogP contribution in [0.4, 0.5) is 0 Å². The second kappa shape index (κ2) is 6.96. The summed E-state index contributed by atoms with van der Waals surface area (Å²) < 4.78 is 0. The number of alkyl halides is 1. The number of benzene rings is 2. The standard InChI is InChI=1S/C18H23Cl/c1-3-4-7-14(2)18(19)13-15-10-11-16-8-5-6-9-17(16)12-15/h5-6,8-12,14,18H,3-4,7,13H2,1-2H3. The van der Waals surface area contributed by atoms with Crippen LogP contribution in [0.1, 0.15) is 38.7 Å². The van der Waals surface area contributed by atoms with Crippen LogP contribution in [0.15, 0.2) is 42.5 Å². The van der Waals surface area contributed by atoms with Gasteiger partial charge >= 0.3 is 0 Å². The second-order valence-electron chi connectivity index (χ2n) is 5.52. The van der Waals surface area contributed by atoms with Gasteiger partial charge in [-0.1, -0.05) is 69.2 Å². The summed E-state index contributed by atoms with van der Waals surface area (Å²) in [5.41, 5.74) is 1.35. The normalized spacial score (nSPS) is 14.5. The Labute approximate surface area is 121 Å². The van der Waals surface area contributed by atoms with E-state index in [1.165, 1.54) is 35.6 Å². The van der Waals surface area contributed by atoms with Crippen molar-refractivity contribution in [2.45, 2.75) is 44.9 Å². The van der Waals surface area contributed by atoms with E-state index in [-0.39, 0.29) is 5.38 Å². The smallest absolute Gasteiger partial charge is 0.0401 e. The highest BCUT2D eigenvalue weighted by Gasteiger charge is 2.14. The minimum absolute atomic E-state index is 0.243. The summed E-state index contributed by atoms with van der Waals surface area (Å²) in [4.78, 5) is 0. The van der Waals surface area contributed by atoms with Crippen LogP contribution >= 0.6 is 11.6 Å². The fourth-order valence-corrected chi connectivity index (χ4v) is 2.80. The lowest BCUT2D eigenvalue weighted by Crippen LogP contribution is -2.14. The molecule has 2 aromatic carbocycles. The molecule has 2 atom stereocenters. The number of unbranched alkanes of at least 4 members (excludes halogenated alkanes) is 1. The lowest BCUT2D eigenvalue weighted by molar-refractivity contribution is 0.479. The molecule has 0 spiro atoms. The maximum atomic E-state index is 6.55. The zero-order valence-corrected chi connectivity index (χ0v) is 12.7. The predicted octanol–water partition coefficient (Wildman–Crippen LogP) is 5.82. The van der Waals surface area contributed by atoms with Crippen molar-refractivity contribution in [1.29, 1.82) is 0 Å². The molecular formula is C18H23Cl. The molecule has 0 saturated carbocycles. The monoisotopic (exact) mass is 274 g/mol. The minimum Gasteiger partial charge on any atom is -0.122 e. The fraction of sp³-hybridized carbons (Fsp3) is 0.444. The maximum absolute atomic E-state index is 6.55. The second-order valence-corrected chi connectivity index (χ2v) is 6.08. The summed E-state index contributed by atoms with van der Waals surface area (Å²) in [5, 5.41) is 2.86. The minimum atomic E-state index is 0.243. The van der Waals surface area contributed by atoms with Gasteiger partial charge in [0.2, 0.25) is 0 Å². The highest BCUT2D eigenvalue weighted by Crippen LogP contribution is 2.23. The molecule has 0 N–H and O–H groups in total. The van der Waals surface area contributed by atoms with E-state index in [9.17, 15) is 0 Å². The third-order valence-corrected chi connectivity index (χ3v) is 4.46. The van der Waals surface area contributed by atoms with Gasteiger partial charge in [-0.2, -0.15) is 0 Å². The van der Waals surface area contributed by atoms with Crippen molar-refractivity contribution in [3.63, 3.8) is 0 Å². The van der Waals surface area contributed by atoms with Gasteiger partial charge in [-0.05, 0) is 35.1 Å². The molecule has 2 aromatic rings. The van der Waals surface area contributed by atoms with Crippen LogP contribution < -0.4 is 0 Å². The van der Waals surface area contributed by atoms with Gasteiger partial charge in [-0.25, -0.2) is 0 Å². The van der Waals surface area contributed by atoms with Crippen LogP contribution in [0, 0.1) is 5.92 Å². The molecule has 0 fully saturated rings. The molecule has 0 nitrogen and oxygen atoms in total. The van der Waals surface area contributed by atoms with Crippen LogP contribution in [-0.2, 0) is 6.42 Å². The Morgan fingerprint density at radius 3 is 2.53 bits per heavy atom. The van der Waals surface area contributed by atoms with Gasteiger partial charge in [0, 0.05) is 5.38 Å². The number of hydrogen-bond acceptors (Lipinski definition) is 0. The number of halogens is 1. The van der Waals surface area contributed by atoms with Gasteiger partial charge < -0.3 is 0 Å². The molecule has 1 heteroatoms. The Balaban J connectivity index is 2.04. The van der Waals surface area contributed by atoms with Crippen molar-refractivity contribution in [3.05, 3.63) is 48.0 Å². The van der Waals surface area contributed by atoms with Crippen LogP contribution in [0.25, 0.3) is 10.8 Å². The SMILES string of the molecule is CCCCC(C)C(Cl)Cc1ccc2ccccc2c1.